The molecule has 1 aliphatic rings. The van der Waals surface area contributed by atoms with Crippen LogP contribution in [0.2, 0.25) is 0 Å². The van der Waals surface area contributed by atoms with Crippen LogP contribution >= 0.6 is 0 Å². The topological polar surface area (TPSA) is 42.6 Å². The van der Waals surface area contributed by atoms with Crippen LogP contribution in [0.25, 0.3) is 0 Å². The molecule has 0 saturated heterocycles. The van der Waals surface area contributed by atoms with E-state index in [1.54, 1.807) is 11.2 Å². The Hall–Kier alpha value is -1.24. The molecule has 0 bridgehead atoms. The molecule has 1 atom stereocenters. The molecule has 1 heterocycles. The Balaban J connectivity index is 2.67. The molecule has 0 fully saturated rings. The fraction of sp³-hybridized carbons (Fsp3) is 0.778. The summed E-state index contributed by atoms with van der Waals surface area (Å²) >= 11 is 0. The molecule has 1 rings (SSSR count). The van der Waals surface area contributed by atoms with E-state index < -0.39 is 0 Å². The van der Waals surface area contributed by atoms with Gasteiger partial charge >= 0.3 is 0 Å². The fourth-order valence-corrected chi connectivity index (χ4v) is 1.50. The van der Waals surface area contributed by atoms with E-state index in [0.717, 1.165) is 12.8 Å². The Bertz CT molecular complexity index is 228. The van der Waals surface area contributed by atoms with Gasteiger partial charge in [-0.05, 0) is 20.3 Å². The first-order valence-electron chi connectivity index (χ1n) is 4.71. The summed E-state index contributed by atoms with van der Waals surface area (Å²) in [5.41, 5.74) is 0. The number of hydrogen-bond acceptors (Lipinski definition) is 4. The minimum absolute atomic E-state index is 0.134. The Kier molecular flexibility index (Phi) is 3.13. The first-order valence-corrected chi connectivity index (χ1v) is 4.71. The van der Waals surface area contributed by atoms with Crippen molar-refractivity contribution in [3.63, 3.8) is 0 Å². The van der Waals surface area contributed by atoms with Crippen molar-refractivity contribution >= 4 is 6.34 Å². The van der Waals surface area contributed by atoms with E-state index in [1.807, 2.05) is 5.01 Å². The van der Waals surface area contributed by atoms with Gasteiger partial charge in [-0.15, -0.1) is 0 Å². The molecular formula is C9H16N4. The van der Waals surface area contributed by atoms with Crippen molar-refractivity contribution in [3.8, 4) is 6.19 Å². The van der Waals surface area contributed by atoms with Gasteiger partial charge in [0.1, 0.15) is 12.5 Å². The average molecular weight is 180 g/mol. The van der Waals surface area contributed by atoms with Gasteiger partial charge < -0.3 is 0 Å². The van der Waals surface area contributed by atoms with E-state index in [1.165, 1.54) is 0 Å². The largest absolute Gasteiger partial charge is 0.270 e. The summed E-state index contributed by atoms with van der Waals surface area (Å²) in [6, 6.07) is 0.353. The predicted molar refractivity (Wildman–Crippen MR) is 51.6 cm³/mol. The van der Waals surface area contributed by atoms with Crippen LogP contribution in [0, 0.1) is 11.5 Å². The predicted octanol–water partition coefficient (Wildman–Crippen LogP) is 1.56. The number of hydrazone groups is 1. The Morgan fingerprint density at radius 3 is 2.77 bits per heavy atom. The van der Waals surface area contributed by atoms with Gasteiger partial charge in [-0.25, -0.2) is 4.90 Å². The molecule has 1 unspecified atom stereocenters. The maximum absolute atomic E-state index is 8.82. The molecule has 0 saturated carbocycles. The van der Waals surface area contributed by atoms with Crippen molar-refractivity contribution in [3.05, 3.63) is 0 Å². The van der Waals surface area contributed by atoms with Crippen molar-refractivity contribution in [2.75, 3.05) is 0 Å². The first-order chi connectivity index (χ1) is 6.20. The van der Waals surface area contributed by atoms with Gasteiger partial charge in [0, 0.05) is 6.04 Å². The monoisotopic (exact) mass is 180 g/mol. The molecule has 0 aliphatic carbocycles. The van der Waals surface area contributed by atoms with Gasteiger partial charge in [-0.1, -0.05) is 13.3 Å². The highest BCUT2D eigenvalue weighted by Crippen LogP contribution is 2.18. The van der Waals surface area contributed by atoms with Crippen molar-refractivity contribution in [1.82, 2.24) is 9.91 Å². The van der Waals surface area contributed by atoms with E-state index in [0.29, 0.717) is 6.04 Å². The summed E-state index contributed by atoms with van der Waals surface area (Å²) in [4.78, 5) is 1.61. The Morgan fingerprint density at radius 2 is 2.31 bits per heavy atom. The van der Waals surface area contributed by atoms with Crippen molar-refractivity contribution < 1.29 is 0 Å². The van der Waals surface area contributed by atoms with E-state index >= 15 is 0 Å². The molecule has 0 aromatic heterocycles. The molecule has 0 radical (unpaired) electrons. The first kappa shape index (κ1) is 9.85. The smallest absolute Gasteiger partial charge is 0.187 e. The zero-order valence-electron chi connectivity index (χ0n) is 8.44. The van der Waals surface area contributed by atoms with Crippen LogP contribution in [0.4, 0.5) is 0 Å². The summed E-state index contributed by atoms with van der Waals surface area (Å²) < 4.78 is 0. The Morgan fingerprint density at radius 1 is 1.62 bits per heavy atom. The summed E-state index contributed by atoms with van der Waals surface area (Å²) in [7, 11) is 0. The number of nitriles is 1. The fourth-order valence-electron chi connectivity index (χ4n) is 1.50. The molecule has 0 aromatic carbocycles. The maximum atomic E-state index is 8.82. The second-order valence-corrected chi connectivity index (χ2v) is 3.48. The quantitative estimate of drug-likeness (QED) is 0.619. The molecule has 1 aliphatic heterocycles. The lowest BCUT2D eigenvalue weighted by atomic mass is 10.2. The highest BCUT2D eigenvalue weighted by atomic mass is 15.6. The molecule has 0 aromatic rings. The third-order valence-corrected chi connectivity index (χ3v) is 2.13. The number of hydrogen-bond donors (Lipinski definition) is 0. The van der Waals surface area contributed by atoms with E-state index in [-0.39, 0.29) is 6.17 Å². The Labute approximate surface area is 79.4 Å². The normalized spacial score (nSPS) is 21.3. The van der Waals surface area contributed by atoms with Crippen LogP contribution in [0.5, 0.6) is 0 Å². The second kappa shape index (κ2) is 4.13. The summed E-state index contributed by atoms with van der Waals surface area (Å²) in [6.45, 7) is 6.29. The third-order valence-electron chi connectivity index (χ3n) is 2.13. The molecule has 4 nitrogen and oxygen atoms in total. The molecule has 0 amide bonds. The van der Waals surface area contributed by atoms with Crippen molar-refractivity contribution in [2.45, 2.75) is 45.8 Å². The van der Waals surface area contributed by atoms with Crippen LogP contribution in [-0.2, 0) is 0 Å². The molecule has 4 heteroatoms. The van der Waals surface area contributed by atoms with E-state index in [4.69, 9.17) is 5.26 Å². The summed E-state index contributed by atoms with van der Waals surface area (Å²) in [5, 5.41) is 15.0. The lowest BCUT2D eigenvalue weighted by Crippen LogP contribution is -2.40. The van der Waals surface area contributed by atoms with Gasteiger partial charge in [0.2, 0.25) is 0 Å². The zero-order chi connectivity index (χ0) is 9.84. The van der Waals surface area contributed by atoms with Crippen LogP contribution < -0.4 is 0 Å². The maximum Gasteiger partial charge on any atom is 0.187 e. The van der Waals surface area contributed by atoms with Gasteiger partial charge in [-0.3, -0.25) is 5.01 Å². The van der Waals surface area contributed by atoms with Crippen LogP contribution in [0.1, 0.15) is 33.6 Å². The second-order valence-electron chi connectivity index (χ2n) is 3.48. The molecule has 0 spiro atoms. The van der Waals surface area contributed by atoms with E-state index in [9.17, 15) is 0 Å². The van der Waals surface area contributed by atoms with Gasteiger partial charge in [-0.2, -0.15) is 10.4 Å². The number of rotatable bonds is 3. The minimum Gasteiger partial charge on any atom is -0.270 e. The molecule has 72 valence electrons. The number of nitrogens with zero attached hydrogens (tertiary/aromatic N) is 4. The lowest BCUT2D eigenvalue weighted by molar-refractivity contribution is 0.116. The van der Waals surface area contributed by atoms with Gasteiger partial charge in [0.05, 0.1) is 0 Å². The highest BCUT2D eigenvalue weighted by Gasteiger charge is 2.28. The van der Waals surface area contributed by atoms with Crippen molar-refractivity contribution in [2.24, 2.45) is 5.10 Å². The zero-order valence-corrected chi connectivity index (χ0v) is 8.44. The van der Waals surface area contributed by atoms with E-state index in [2.05, 4.69) is 32.1 Å². The van der Waals surface area contributed by atoms with Crippen LogP contribution in [0.3, 0.4) is 0 Å². The van der Waals surface area contributed by atoms with Crippen molar-refractivity contribution in [1.29, 1.82) is 5.26 Å². The van der Waals surface area contributed by atoms with Crippen LogP contribution in [0.15, 0.2) is 5.10 Å². The molecule has 13 heavy (non-hydrogen) atoms. The molecular weight excluding hydrogens is 164 g/mol. The standard InChI is InChI=1S/C9H16N4/c1-4-5-9-12(6-10)7-11-13(9)8(2)3/h7-9H,4-5H2,1-3H3. The van der Waals surface area contributed by atoms with Crippen LogP contribution in [-0.4, -0.2) is 28.5 Å². The van der Waals surface area contributed by atoms with Gasteiger partial charge in [0.15, 0.2) is 6.19 Å². The summed E-state index contributed by atoms with van der Waals surface area (Å²) in [5.74, 6) is 0. The minimum atomic E-state index is 0.134. The SMILES string of the molecule is CCCC1N(C#N)C=NN1C(C)C. The third kappa shape index (κ3) is 1.92. The van der Waals surface area contributed by atoms with Gasteiger partial charge in [0.25, 0.3) is 0 Å². The highest BCUT2D eigenvalue weighted by molar-refractivity contribution is 5.59. The lowest BCUT2D eigenvalue weighted by Gasteiger charge is -2.28. The summed E-state index contributed by atoms with van der Waals surface area (Å²) in [6.07, 6.45) is 5.91. The average Bonchev–Trinajstić information content (AvgIpc) is 2.48. The molecule has 0 N–H and O–H groups in total.